The van der Waals surface area contributed by atoms with Crippen LogP contribution in [0.4, 0.5) is 0 Å². The Labute approximate surface area is 237 Å². The molecule has 3 heterocycles. The molecule has 41 heavy (non-hydrogen) atoms. The molecule has 0 N–H and O–H groups in total. The van der Waals surface area contributed by atoms with E-state index in [1.165, 1.54) is 5.56 Å². The van der Waals surface area contributed by atoms with Gasteiger partial charge in [0.1, 0.15) is 24.4 Å². The Kier molecular flexibility index (Phi) is 5.96. The molecule has 0 saturated carbocycles. The molecular weight excluding hydrogens is 516 g/mol. The lowest BCUT2D eigenvalue weighted by Crippen LogP contribution is -2.15. The molecule has 0 radical (unpaired) electrons. The van der Waals surface area contributed by atoms with Crippen molar-refractivity contribution in [2.24, 2.45) is 0 Å². The molecule has 0 amide bonds. The highest BCUT2D eigenvalue weighted by molar-refractivity contribution is 5.91. The van der Waals surface area contributed by atoms with Crippen molar-refractivity contribution in [1.29, 1.82) is 0 Å². The van der Waals surface area contributed by atoms with Crippen LogP contribution in [0.1, 0.15) is 39.6 Å². The van der Waals surface area contributed by atoms with Crippen LogP contribution in [0, 0.1) is 13.8 Å². The molecule has 8 nitrogen and oxygen atoms in total. The molecule has 1 unspecified atom stereocenters. The van der Waals surface area contributed by atoms with E-state index in [-0.39, 0.29) is 12.5 Å². The van der Waals surface area contributed by atoms with Crippen molar-refractivity contribution >= 4 is 16.4 Å². The number of ether oxygens (including phenoxy) is 4. The summed E-state index contributed by atoms with van der Waals surface area (Å²) in [5, 5.41) is 6.81. The molecule has 8 heteroatoms. The van der Waals surface area contributed by atoms with Crippen LogP contribution in [-0.2, 0) is 6.61 Å². The normalized spacial score (nSPS) is 13.9. The van der Waals surface area contributed by atoms with E-state index in [2.05, 4.69) is 37.3 Å². The van der Waals surface area contributed by atoms with Crippen LogP contribution >= 0.6 is 0 Å². The summed E-state index contributed by atoms with van der Waals surface area (Å²) in [6.07, 6.45) is 1.64. The Hall–Kier alpha value is -5.11. The minimum Gasteiger partial charge on any atom is -0.493 e. The number of hydrogen-bond donors (Lipinski definition) is 0. The van der Waals surface area contributed by atoms with Crippen LogP contribution < -0.4 is 18.9 Å². The fraction of sp³-hybridized carbons (Fsp3) is 0.182. The van der Waals surface area contributed by atoms with Gasteiger partial charge in [-0.2, -0.15) is 0 Å². The van der Waals surface area contributed by atoms with Gasteiger partial charge in [-0.1, -0.05) is 54.6 Å². The molecule has 2 aromatic heterocycles. The number of benzene rings is 4. The number of methoxy groups -OCH3 is 2. The predicted molar refractivity (Wildman–Crippen MR) is 156 cm³/mol. The summed E-state index contributed by atoms with van der Waals surface area (Å²) in [4.78, 5) is 9.64. The maximum atomic E-state index is 6.54. The lowest BCUT2D eigenvalue weighted by molar-refractivity contribution is 0.294. The molecule has 1 aliphatic heterocycles. The van der Waals surface area contributed by atoms with Crippen molar-refractivity contribution in [3.8, 4) is 28.9 Å². The Morgan fingerprint density at radius 2 is 1.73 bits per heavy atom. The van der Waals surface area contributed by atoms with E-state index >= 15 is 0 Å². The highest BCUT2D eigenvalue weighted by Crippen LogP contribution is 2.51. The average molecular weight is 545 g/mol. The van der Waals surface area contributed by atoms with Crippen LogP contribution in [-0.4, -0.2) is 33.8 Å². The second kappa shape index (κ2) is 9.82. The molecule has 1 aliphatic rings. The van der Waals surface area contributed by atoms with Gasteiger partial charge in [0.15, 0.2) is 23.0 Å². The van der Waals surface area contributed by atoms with Crippen molar-refractivity contribution in [2.45, 2.75) is 26.4 Å². The van der Waals surface area contributed by atoms with Crippen molar-refractivity contribution in [3.05, 3.63) is 113 Å². The minimum absolute atomic E-state index is 0.226. The maximum Gasteiger partial charge on any atom is 0.228 e. The van der Waals surface area contributed by atoms with E-state index in [9.17, 15) is 0 Å². The summed E-state index contributed by atoms with van der Waals surface area (Å²) in [5.74, 6) is 3.70. The summed E-state index contributed by atoms with van der Waals surface area (Å²) in [6.45, 7) is 4.34. The largest absolute Gasteiger partial charge is 0.493 e. The second-order valence-electron chi connectivity index (χ2n) is 10.1. The third-order valence-electron chi connectivity index (χ3n) is 7.79. The van der Waals surface area contributed by atoms with Crippen LogP contribution in [0.5, 0.6) is 28.9 Å². The lowest BCUT2D eigenvalue weighted by Gasteiger charge is -2.29. The molecule has 0 aliphatic carbocycles. The van der Waals surface area contributed by atoms with Gasteiger partial charge in [0, 0.05) is 16.9 Å². The van der Waals surface area contributed by atoms with Crippen LogP contribution in [0.3, 0.4) is 0 Å². The van der Waals surface area contributed by atoms with E-state index < -0.39 is 0 Å². The standard InChI is InChI=1S/C33H28N4O4/c1-19-8-7-11-25(20(19)2)40-17-28-35-32-30-29(22-13-15-26(38-3)27(16-22)39-4)24-14-12-21-9-5-6-10-23(21)31(24)41-33(30)34-18-37(32)36-28/h5-16,18,29H,17H2,1-4H3. The first-order valence-corrected chi connectivity index (χ1v) is 13.4. The van der Waals surface area contributed by atoms with Gasteiger partial charge < -0.3 is 18.9 Å². The lowest BCUT2D eigenvalue weighted by atomic mass is 9.82. The Balaban J connectivity index is 1.39. The summed E-state index contributed by atoms with van der Waals surface area (Å²) in [6, 6.07) is 24.4. The van der Waals surface area contributed by atoms with E-state index in [1.54, 1.807) is 25.1 Å². The smallest absolute Gasteiger partial charge is 0.228 e. The average Bonchev–Trinajstić information content (AvgIpc) is 3.43. The van der Waals surface area contributed by atoms with Gasteiger partial charge in [-0.15, -0.1) is 5.10 Å². The summed E-state index contributed by atoms with van der Waals surface area (Å²) in [7, 11) is 3.27. The molecule has 4 aromatic carbocycles. The van der Waals surface area contributed by atoms with Crippen molar-refractivity contribution in [3.63, 3.8) is 0 Å². The first kappa shape index (κ1) is 24.9. The maximum absolute atomic E-state index is 6.54. The van der Waals surface area contributed by atoms with Gasteiger partial charge in [-0.05, 0) is 54.1 Å². The molecular formula is C33H28N4O4. The van der Waals surface area contributed by atoms with E-state index in [0.717, 1.165) is 44.5 Å². The van der Waals surface area contributed by atoms with Crippen LogP contribution in [0.2, 0.25) is 0 Å². The molecule has 0 saturated heterocycles. The van der Waals surface area contributed by atoms with Gasteiger partial charge in [-0.25, -0.2) is 14.5 Å². The molecule has 7 rings (SSSR count). The number of aryl methyl sites for hydroxylation is 1. The first-order chi connectivity index (χ1) is 20.1. The predicted octanol–water partition coefficient (Wildman–Crippen LogP) is 6.78. The third kappa shape index (κ3) is 4.10. The molecule has 1 atom stereocenters. The third-order valence-corrected chi connectivity index (χ3v) is 7.79. The van der Waals surface area contributed by atoms with Gasteiger partial charge in [0.05, 0.1) is 19.8 Å². The highest BCUT2D eigenvalue weighted by Gasteiger charge is 2.34. The zero-order valence-corrected chi connectivity index (χ0v) is 23.2. The van der Waals surface area contributed by atoms with Gasteiger partial charge in [0.2, 0.25) is 5.88 Å². The van der Waals surface area contributed by atoms with E-state index in [1.807, 2.05) is 49.4 Å². The Morgan fingerprint density at radius 1 is 0.878 bits per heavy atom. The minimum atomic E-state index is -0.244. The fourth-order valence-corrected chi connectivity index (χ4v) is 5.55. The number of fused-ring (bicyclic) bond motifs is 6. The van der Waals surface area contributed by atoms with E-state index in [4.69, 9.17) is 34.0 Å². The van der Waals surface area contributed by atoms with Crippen LogP contribution in [0.25, 0.3) is 16.4 Å². The van der Waals surface area contributed by atoms with Gasteiger partial charge >= 0.3 is 0 Å². The monoisotopic (exact) mass is 544 g/mol. The zero-order chi connectivity index (χ0) is 28.1. The molecule has 0 spiro atoms. The highest BCUT2D eigenvalue weighted by atomic mass is 16.5. The molecule has 6 aromatic rings. The summed E-state index contributed by atoms with van der Waals surface area (Å²) < 4.78 is 25.6. The Morgan fingerprint density at radius 3 is 2.59 bits per heavy atom. The van der Waals surface area contributed by atoms with Crippen molar-refractivity contribution < 1.29 is 18.9 Å². The second-order valence-corrected chi connectivity index (χ2v) is 10.1. The first-order valence-electron chi connectivity index (χ1n) is 13.4. The van der Waals surface area contributed by atoms with Gasteiger partial charge in [0.25, 0.3) is 0 Å². The molecule has 0 bridgehead atoms. The van der Waals surface area contributed by atoms with Crippen LogP contribution in [0.15, 0.2) is 79.1 Å². The van der Waals surface area contributed by atoms with Gasteiger partial charge in [-0.3, -0.25) is 0 Å². The van der Waals surface area contributed by atoms with E-state index in [0.29, 0.717) is 28.9 Å². The number of nitrogens with zero attached hydrogens (tertiary/aromatic N) is 4. The summed E-state index contributed by atoms with van der Waals surface area (Å²) in [5.41, 5.74) is 5.76. The van der Waals surface area contributed by atoms with Crippen molar-refractivity contribution in [1.82, 2.24) is 19.6 Å². The zero-order valence-electron chi connectivity index (χ0n) is 23.2. The number of aromatic nitrogens is 4. The Bertz CT molecular complexity index is 1950. The SMILES string of the molecule is COc1ccc(C2c3ccc4ccccc4c3Oc3ncn4nc(COc5cccc(C)c5C)nc4c32)cc1OC. The summed E-state index contributed by atoms with van der Waals surface area (Å²) >= 11 is 0. The number of rotatable bonds is 6. The molecule has 0 fully saturated rings. The molecule has 204 valence electrons. The quantitative estimate of drug-likeness (QED) is 0.228. The topological polar surface area (TPSA) is 80.0 Å². The fourth-order valence-electron chi connectivity index (χ4n) is 5.55. The van der Waals surface area contributed by atoms with Crippen molar-refractivity contribution in [2.75, 3.05) is 14.2 Å². The number of hydrogen-bond acceptors (Lipinski definition) is 7.